The molecule has 210 valence electrons. The van der Waals surface area contributed by atoms with Crippen molar-refractivity contribution in [3.63, 3.8) is 0 Å². The fourth-order valence-electron chi connectivity index (χ4n) is 4.38. The zero-order chi connectivity index (χ0) is 29.2. The monoisotopic (exact) mass is 575 g/mol. The molecule has 1 aliphatic rings. The Morgan fingerprint density at radius 3 is 2.48 bits per heavy atom. The van der Waals surface area contributed by atoms with E-state index in [9.17, 15) is 32.8 Å². The molecule has 2 unspecified atom stereocenters. The van der Waals surface area contributed by atoms with Gasteiger partial charge in [0.25, 0.3) is 0 Å². The maximum Gasteiger partial charge on any atom is 0.401 e. The predicted molar refractivity (Wildman–Crippen MR) is 135 cm³/mol. The van der Waals surface area contributed by atoms with Gasteiger partial charge in [0.15, 0.2) is 0 Å². The second-order valence-corrected chi connectivity index (χ2v) is 9.88. The molecule has 3 aromatic rings. The Labute approximate surface area is 230 Å². The molecule has 3 heterocycles. The third-order valence-electron chi connectivity index (χ3n) is 6.38. The smallest absolute Gasteiger partial charge is 0.401 e. The zero-order valence-corrected chi connectivity index (χ0v) is 22.2. The minimum absolute atomic E-state index is 0.0597. The highest BCUT2D eigenvalue weighted by molar-refractivity contribution is 7.07. The molecule has 40 heavy (non-hydrogen) atoms. The van der Waals surface area contributed by atoms with Crippen LogP contribution in [-0.2, 0) is 17.9 Å². The minimum Gasteiger partial charge on any atom is -0.472 e. The van der Waals surface area contributed by atoms with Gasteiger partial charge in [0.05, 0.1) is 11.2 Å². The third-order valence-corrected chi connectivity index (χ3v) is 6.96. The molecule has 15 heteroatoms. The number of nitrogens with two attached hydrogens (primary N) is 1. The first kappa shape index (κ1) is 28.7. The minimum atomic E-state index is -5.08. The summed E-state index contributed by atoms with van der Waals surface area (Å²) in [4.78, 5) is 44.1. The highest BCUT2D eigenvalue weighted by Gasteiger charge is 2.56. The highest BCUT2D eigenvalue weighted by atomic mass is 32.1. The Bertz CT molecular complexity index is 1450. The van der Waals surface area contributed by atoms with Gasteiger partial charge in [-0.25, -0.2) is 9.78 Å². The number of benzene rings is 1. The van der Waals surface area contributed by atoms with Crippen LogP contribution in [0.2, 0.25) is 0 Å². The second kappa shape index (κ2) is 11.4. The van der Waals surface area contributed by atoms with E-state index in [1.165, 1.54) is 25.0 Å². The summed E-state index contributed by atoms with van der Waals surface area (Å²) in [5, 5.41) is 15.5. The number of amides is 3. The predicted octanol–water partition coefficient (Wildman–Crippen LogP) is 3.11. The van der Waals surface area contributed by atoms with Gasteiger partial charge in [0.2, 0.25) is 11.8 Å². The molecule has 0 radical (unpaired) electrons. The molecule has 2 N–H and O–H groups in total. The third kappa shape index (κ3) is 5.54. The molecule has 1 aliphatic heterocycles. The summed E-state index contributed by atoms with van der Waals surface area (Å²) in [6, 6.07) is 7.87. The topological polar surface area (TPSA) is 147 Å². The number of piperidine rings is 1. The van der Waals surface area contributed by atoms with Gasteiger partial charge in [-0.05, 0) is 17.5 Å². The molecule has 4 rings (SSSR count). The standard InChI is InChI=1S/C25H24F3N7O4S/c1-33(2)24(38)34-8-7-16(19(22(34)37)25(26,27)28)20-17(10-30)23(35(32-20)21(36)18-12-40-13-31-18)39-11-15-5-3-14(9-29)4-6-15/h3-6,12-13,16,19H,7-9,11,29H2,1-2H3. The van der Waals surface area contributed by atoms with Gasteiger partial charge in [0, 0.05) is 38.5 Å². The molecule has 2 atom stereocenters. The average molecular weight is 576 g/mol. The van der Waals surface area contributed by atoms with E-state index in [0.717, 1.165) is 21.8 Å². The summed E-state index contributed by atoms with van der Waals surface area (Å²) >= 11 is 1.11. The fraction of sp³-hybridized carbons (Fsp3) is 0.360. The number of carbonyl (C=O) groups excluding carboxylic acids is 3. The normalized spacial score (nSPS) is 17.4. The first-order valence-corrected chi connectivity index (χ1v) is 12.9. The van der Waals surface area contributed by atoms with Crippen LogP contribution in [0, 0.1) is 17.2 Å². The second-order valence-electron chi connectivity index (χ2n) is 9.16. The summed E-state index contributed by atoms with van der Waals surface area (Å²) in [5.41, 5.74) is 7.60. The number of urea groups is 1. The first-order valence-electron chi connectivity index (χ1n) is 11.9. The van der Waals surface area contributed by atoms with Crippen LogP contribution >= 0.6 is 11.3 Å². The van der Waals surface area contributed by atoms with Crippen LogP contribution in [0.4, 0.5) is 18.0 Å². The van der Waals surface area contributed by atoms with Gasteiger partial charge in [-0.2, -0.15) is 28.2 Å². The number of hydrogen-bond acceptors (Lipinski definition) is 9. The highest BCUT2D eigenvalue weighted by Crippen LogP contribution is 2.45. The number of rotatable bonds is 6. The SMILES string of the molecule is CN(C)C(=O)N1CCC(c2nn(C(=O)c3cscn3)c(OCc3ccc(CN)cc3)c2C#N)C(C(F)(F)F)C1=O. The summed E-state index contributed by atoms with van der Waals surface area (Å²) in [7, 11) is 2.63. The zero-order valence-electron chi connectivity index (χ0n) is 21.4. The van der Waals surface area contributed by atoms with Crippen LogP contribution < -0.4 is 10.5 Å². The van der Waals surface area contributed by atoms with Gasteiger partial charge in [-0.1, -0.05) is 24.3 Å². The Hall–Kier alpha value is -4.29. The number of likely N-dealkylation sites (tertiary alicyclic amines) is 1. The van der Waals surface area contributed by atoms with Crippen molar-refractivity contribution in [3.05, 3.63) is 63.2 Å². The number of alkyl halides is 3. The van der Waals surface area contributed by atoms with E-state index in [0.29, 0.717) is 21.7 Å². The molecule has 2 aromatic heterocycles. The van der Waals surface area contributed by atoms with E-state index in [2.05, 4.69) is 10.1 Å². The fourth-order valence-corrected chi connectivity index (χ4v) is 4.91. The number of ether oxygens (including phenoxy) is 1. The van der Waals surface area contributed by atoms with Gasteiger partial charge < -0.3 is 15.4 Å². The average Bonchev–Trinajstić information content (AvgIpc) is 3.59. The van der Waals surface area contributed by atoms with Crippen LogP contribution in [0.3, 0.4) is 0 Å². The van der Waals surface area contributed by atoms with Crippen molar-refractivity contribution in [2.75, 3.05) is 20.6 Å². The number of hydrogen-bond donors (Lipinski definition) is 1. The van der Waals surface area contributed by atoms with E-state index in [-0.39, 0.29) is 31.1 Å². The summed E-state index contributed by atoms with van der Waals surface area (Å²) in [6.45, 7) is -0.170. The molecule has 0 spiro atoms. The van der Waals surface area contributed by atoms with Gasteiger partial charge in [-0.15, -0.1) is 11.3 Å². The van der Waals surface area contributed by atoms with Gasteiger partial charge in [-0.3, -0.25) is 14.5 Å². The van der Waals surface area contributed by atoms with Crippen LogP contribution in [0.1, 0.15) is 45.2 Å². The lowest BCUT2D eigenvalue weighted by Crippen LogP contribution is -2.54. The summed E-state index contributed by atoms with van der Waals surface area (Å²) in [6.07, 6.45) is -5.42. The lowest BCUT2D eigenvalue weighted by molar-refractivity contribution is -0.197. The van der Waals surface area contributed by atoms with Crippen molar-refractivity contribution in [2.45, 2.75) is 31.7 Å². The van der Waals surface area contributed by atoms with Crippen molar-refractivity contribution in [3.8, 4) is 11.9 Å². The lowest BCUT2D eigenvalue weighted by Gasteiger charge is -2.37. The molecular formula is C25H24F3N7O4S. The maximum atomic E-state index is 14.3. The molecule has 1 aromatic carbocycles. The molecule has 0 aliphatic carbocycles. The van der Waals surface area contributed by atoms with E-state index in [1.807, 2.05) is 6.07 Å². The van der Waals surface area contributed by atoms with Crippen LogP contribution in [-0.4, -0.2) is 69.2 Å². The number of nitrogens with zero attached hydrogens (tertiary/aromatic N) is 6. The molecule has 3 amide bonds. The molecule has 0 saturated carbocycles. The molecular weight excluding hydrogens is 551 g/mol. The Balaban J connectivity index is 1.79. The van der Waals surface area contributed by atoms with Crippen molar-refractivity contribution < 1.29 is 32.3 Å². The van der Waals surface area contributed by atoms with Crippen molar-refractivity contribution in [1.29, 1.82) is 5.26 Å². The van der Waals surface area contributed by atoms with Crippen molar-refractivity contribution in [1.82, 2.24) is 24.6 Å². The van der Waals surface area contributed by atoms with Crippen LogP contribution in [0.25, 0.3) is 0 Å². The molecule has 0 bridgehead atoms. The molecule has 1 fully saturated rings. The van der Waals surface area contributed by atoms with Crippen molar-refractivity contribution >= 4 is 29.2 Å². The Morgan fingerprint density at radius 2 is 1.93 bits per heavy atom. The number of halogens is 3. The molecule has 1 saturated heterocycles. The largest absolute Gasteiger partial charge is 0.472 e. The van der Waals surface area contributed by atoms with E-state index in [4.69, 9.17) is 10.5 Å². The quantitative estimate of drug-likeness (QED) is 0.472. The first-order chi connectivity index (χ1) is 19.0. The Kier molecular flexibility index (Phi) is 8.21. The number of imide groups is 1. The van der Waals surface area contributed by atoms with Gasteiger partial charge in [0.1, 0.15) is 29.9 Å². The van der Waals surface area contributed by atoms with Crippen LogP contribution in [0.15, 0.2) is 35.2 Å². The summed E-state index contributed by atoms with van der Waals surface area (Å²) < 4.78 is 49.5. The summed E-state index contributed by atoms with van der Waals surface area (Å²) in [5.74, 6) is -6.99. The van der Waals surface area contributed by atoms with Crippen LogP contribution in [0.5, 0.6) is 5.88 Å². The van der Waals surface area contributed by atoms with E-state index < -0.39 is 47.1 Å². The van der Waals surface area contributed by atoms with Crippen molar-refractivity contribution in [2.24, 2.45) is 11.7 Å². The lowest BCUT2D eigenvalue weighted by atomic mass is 9.80. The molecule has 11 nitrogen and oxygen atoms in total. The number of carbonyl (C=O) groups is 3. The van der Waals surface area contributed by atoms with E-state index >= 15 is 0 Å². The Morgan fingerprint density at radius 1 is 1.25 bits per heavy atom. The number of thiazole rings is 1. The van der Waals surface area contributed by atoms with E-state index in [1.54, 1.807) is 24.3 Å². The van der Waals surface area contributed by atoms with Gasteiger partial charge >= 0.3 is 18.1 Å². The number of nitriles is 1. The number of aromatic nitrogens is 3. The maximum absolute atomic E-state index is 14.3.